The smallest absolute Gasteiger partial charge is 0.228 e. The van der Waals surface area contributed by atoms with E-state index in [4.69, 9.17) is 6.42 Å². The van der Waals surface area contributed by atoms with Crippen LogP contribution in [0.5, 0.6) is 0 Å². The first-order valence-corrected chi connectivity index (χ1v) is 8.05. The van der Waals surface area contributed by atoms with Crippen LogP contribution in [0.25, 0.3) is 0 Å². The van der Waals surface area contributed by atoms with Gasteiger partial charge in [-0.3, -0.25) is 9.59 Å². The number of carbonyl (C=O) groups is 2. The van der Waals surface area contributed by atoms with Gasteiger partial charge in [0.1, 0.15) is 0 Å². The van der Waals surface area contributed by atoms with Gasteiger partial charge in [0.2, 0.25) is 5.91 Å². The van der Waals surface area contributed by atoms with Crippen molar-refractivity contribution in [1.29, 1.82) is 0 Å². The highest BCUT2D eigenvalue weighted by molar-refractivity contribution is 9.10. The lowest BCUT2D eigenvalue weighted by Gasteiger charge is -2.20. The minimum absolute atomic E-state index is 0.0441. The first-order valence-electron chi connectivity index (χ1n) is 7.26. The molecule has 0 aliphatic carbocycles. The topological polar surface area (TPSA) is 37.4 Å². The van der Waals surface area contributed by atoms with Gasteiger partial charge in [-0.05, 0) is 18.2 Å². The molecule has 3 nitrogen and oxygen atoms in total. The van der Waals surface area contributed by atoms with Crippen molar-refractivity contribution in [3.05, 3.63) is 64.1 Å². The molecule has 1 unspecified atom stereocenters. The van der Waals surface area contributed by atoms with Crippen LogP contribution in [0, 0.1) is 18.3 Å². The second-order valence-corrected chi connectivity index (χ2v) is 6.34. The number of halogens is 1. The first kappa shape index (κ1) is 15.5. The fourth-order valence-corrected chi connectivity index (χ4v) is 3.08. The largest absolute Gasteiger partial charge is 0.310 e. The van der Waals surface area contributed by atoms with Crippen LogP contribution >= 0.6 is 15.9 Å². The second-order valence-electron chi connectivity index (χ2n) is 5.43. The fourth-order valence-electron chi connectivity index (χ4n) is 2.72. The molecular weight excluding hydrogens is 354 g/mol. The Balaban J connectivity index is 2.04. The van der Waals surface area contributed by atoms with E-state index in [2.05, 4.69) is 21.9 Å². The lowest BCUT2D eigenvalue weighted by atomic mass is 10.0. The summed E-state index contributed by atoms with van der Waals surface area (Å²) in [6.45, 7) is 0.450. The number of carbonyl (C=O) groups excluding carboxylic acids is 2. The van der Waals surface area contributed by atoms with E-state index in [1.807, 2.05) is 24.3 Å². The number of benzene rings is 2. The highest BCUT2D eigenvalue weighted by Crippen LogP contribution is 2.31. The van der Waals surface area contributed by atoms with E-state index in [1.165, 1.54) is 0 Å². The molecule has 2 aromatic carbocycles. The van der Waals surface area contributed by atoms with Gasteiger partial charge in [-0.25, -0.2) is 0 Å². The average molecular weight is 368 g/mol. The highest BCUT2D eigenvalue weighted by Gasteiger charge is 2.31. The Morgan fingerprint density at radius 2 is 1.96 bits per heavy atom. The van der Waals surface area contributed by atoms with E-state index >= 15 is 0 Å². The zero-order chi connectivity index (χ0) is 16.4. The van der Waals surface area contributed by atoms with Crippen molar-refractivity contribution in [3.8, 4) is 12.3 Å². The summed E-state index contributed by atoms with van der Waals surface area (Å²) in [4.78, 5) is 26.7. The van der Waals surface area contributed by atoms with Crippen molar-refractivity contribution in [2.24, 2.45) is 5.92 Å². The average Bonchev–Trinajstić information content (AvgIpc) is 2.96. The summed E-state index contributed by atoms with van der Waals surface area (Å²) in [6, 6.07) is 14.4. The van der Waals surface area contributed by atoms with Gasteiger partial charge >= 0.3 is 0 Å². The quantitative estimate of drug-likeness (QED) is 0.613. The number of ketones is 1. The number of nitrogens with zero attached hydrogens (tertiary/aromatic N) is 1. The van der Waals surface area contributed by atoms with Crippen LogP contribution in [0.15, 0.2) is 53.0 Å². The molecule has 2 aromatic rings. The summed E-state index contributed by atoms with van der Waals surface area (Å²) in [5.74, 6) is 2.37. The number of terminal acetylenes is 1. The molecule has 0 bridgehead atoms. The molecule has 1 aliphatic rings. The zero-order valence-corrected chi connectivity index (χ0v) is 13.9. The van der Waals surface area contributed by atoms with Gasteiger partial charge in [0, 0.05) is 34.5 Å². The maximum atomic E-state index is 12.8. The Kier molecular flexibility index (Phi) is 4.31. The Morgan fingerprint density at radius 3 is 2.61 bits per heavy atom. The van der Waals surface area contributed by atoms with Gasteiger partial charge in [-0.1, -0.05) is 46.3 Å². The zero-order valence-electron chi connectivity index (χ0n) is 12.3. The van der Waals surface area contributed by atoms with Gasteiger partial charge in [0.15, 0.2) is 5.78 Å². The molecule has 1 saturated heterocycles. The first-order chi connectivity index (χ1) is 11.1. The van der Waals surface area contributed by atoms with Crippen molar-refractivity contribution in [2.75, 3.05) is 11.4 Å². The van der Waals surface area contributed by atoms with Gasteiger partial charge in [0.05, 0.1) is 5.69 Å². The van der Waals surface area contributed by atoms with E-state index in [9.17, 15) is 9.59 Å². The monoisotopic (exact) mass is 367 g/mol. The second kappa shape index (κ2) is 6.39. The normalized spacial score (nSPS) is 17.1. The van der Waals surface area contributed by atoms with Crippen molar-refractivity contribution < 1.29 is 9.59 Å². The number of amides is 1. The minimum Gasteiger partial charge on any atom is -0.310 e. The van der Waals surface area contributed by atoms with E-state index in [1.54, 1.807) is 29.2 Å². The van der Waals surface area contributed by atoms with Crippen LogP contribution in [0.4, 0.5) is 5.69 Å². The molecule has 0 aromatic heterocycles. The summed E-state index contributed by atoms with van der Waals surface area (Å²) < 4.78 is 0.792. The van der Waals surface area contributed by atoms with Gasteiger partial charge in [-0.15, -0.1) is 12.3 Å². The van der Waals surface area contributed by atoms with Gasteiger partial charge in [-0.2, -0.15) is 0 Å². The van der Waals surface area contributed by atoms with E-state index in [0.29, 0.717) is 29.8 Å². The molecule has 1 heterocycles. The minimum atomic E-state index is -0.112. The molecule has 0 spiro atoms. The Bertz CT molecular complexity index is 808. The van der Waals surface area contributed by atoms with E-state index in [0.717, 1.165) is 4.47 Å². The number of hydrogen-bond donors (Lipinski definition) is 0. The highest BCUT2D eigenvalue weighted by atomic mass is 79.9. The molecule has 0 N–H and O–H groups in total. The summed E-state index contributed by atoms with van der Waals surface area (Å²) in [5, 5.41) is 0. The number of rotatable bonds is 3. The molecule has 1 fully saturated rings. The third-order valence-electron chi connectivity index (χ3n) is 3.89. The summed E-state index contributed by atoms with van der Waals surface area (Å²) in [6.07, 6.45) is 5.77. The van der Waals surface area contributed by atoms with Gasteiger partial charge < -0.3 is 4.90 Å². The van der Waals surface area contributed by atoms with Crippen molar-refractivity contribution in [3.63, 3.8) is 0 Å². The van der Waals surface area contributed by atoms with Crippen LogP contribution < -0.4 is 4.90 Å². The fraction of sp³-hybridized carbons (Fsp3) is 0.158. The van der Waals surface area contributed by atoms with Crippen LogP contribution in [-0.4, -0.2) is 18.2 Å². The van der Waals surface area contributed by atoms with Crippen LogP contribution in [-0.2, 0) is 4.79 Å². The molecule has 1 aliphatic heterocycles. The third kappa shape index (κ3) is 3.06. The van der Waals surface area contributed by atoms with E-state index < -0.39 is 0 Å². The Hall–Kier alpha value is -2.38. The summed E-state index contributed by atoms with van der Waals surface area (Å²) in [5.41, 5.74) is 1.70. The predicted octanol–water partition coefficient (Wildman–Crippen LogP) is 3.67. The molecule has 1 amide bonds. The van der Waals surface area contributed by atoms with Crippen molar-refractivity contribution in [2.45, 2.75) is 6.42 Å². The molecule has 0 radical (unpaired) electrons. The van der Waals surface area contributed by atoms with Crippen LogP contribution in [0.3, 0.4) is 0 Å². The molecule has 3 rings (SSSR count). The lowest BCUT2D eigenvalue weighted by Crippen LogP contribution is -2.26. The molecule has 114 valence electrons. The molecule has 23 heavy (non-hydrogen) atoms. The number of hydrogen-bond acceptors (Lipinski definition) is 2. The third-order valence-corrected chi connectivity index (χ3v) is 4.38. The Morgan fingerprint density at radius 1 is 1.22 bits per heavy atom. The maximum Gasteiger partial charge on any atom is 0.228 e. The molecular formula is C19H14BrNO2. The molecule has 1 atom stereocenters. The number of anilines is 1. The molecule has 0 saturated carbocycles. The molecule has 4 heteroatoms. The summed E-state index contributed by atoms with van der Waals surface area (Å²) in [7, 11) is 0. The SMILES string of the molecule is C#CC1CC(=O)N(c2ccc(Br)cc2C(=O)c2ccccc2)C1. The van der Waals surface area contributed by atoms with Crippen LogP contribution in [0.1, 0.15) is 22.3 Å². The van der Waals surface area contributed by atoms with Crippen LogP contribution in [0.2, 0.25) is 0 Å². The van der Waals surface area contributed by atoms with E-state index in [-0.39, 0.29) is 17.6 Å². The van der Waals surface area contributed by atoms with Gasteiger partial charge in [0.25, 0.3) is 0 Å². The summed E-state index contributed by atoms with van der Waals surface area (Å²) >= 11 is 3.40. The Labute approximate surface area is 143 Å². The predicted molar refractivity (Wildman–Crippen MR) is 93.3 cm³/mol. The lowest BCUT2D eigenvalue weighted by molar-refractivity contribution is -0.117. The standard InChI is InChI=1S/C19H14BrNO2/c1-2-13-10-18(22)21(12-13)17-9-8-15(20)11-16(17)19(23)14-6-4-3-5-7-14/h1,3-9,11,13H,10,12H2. The maximum absolute atomic E-state index is 12.8. The van der Waals surface area contributed by atoms with Crippen molar-refractivity contribution >= 4 is 33.3 Å². The van der Waals surface area contributed by atoms with Crippen molar-refractivity contribution in [1.82, 2.24) is 0 Å².